The predicted molar refractivity (Wildman–Crippen MR) is 103 cm³/mol. The summed E-state index contributed by atoms with van der Waals surface area (Å²) in [5, 5.41) is 0. The Balaban J connectivity index is 1.96. The maximum Gasteiger partial charge on any atom is 0.228 e. The van der Waals surface area contributed by atoms with Crippen molar-refractivity contribution in [2.75, 3.05) is 25.0 Å². The van der Waals surface area contributed by atoms with E-state index < -0.39 is 5.41 Å². The Morgan fingerprint density at radius 2 is 1.85 bits per heavy atom. The van der Waals surface area contributed by atoms with Gasteiger partial charge in [0.15, 0.2) is 0 Å². The molecule has 0 saturated carbocycles. The molecule has 6 heteroatoms. The highest BCUT2D eigenvalue weighted by Gasteiger charge is 2.26. The van der Waals surface area contributed by atoms with E-state index in [2.05, 4.69) is 14.9 Å². The van der Waals surface area contributed by atoms with E-state index in [9.17, 15) is 4.79 Å². The van der Waals surface area contributed by atoms with Gasteiger partial charge in [0.05, 0.1) is 12.2 Å². The van der Waals surface area contributed by atoms with E-state index in [4.69, 9.17) is 4.98 Å². The molecular weight excluding hydrogens is 326 g/mol. The molecule has 0 bridgehead atoms. The molecule has 0 spiro atoms. The number of aromatic nitrogens is 3. The molecule has 1 saturated heterocycles. The van der Waals surface area contributed by atoms with Crippen LogP contribution in [0.1, 0.15) is 39.3 Å². The summed E-state index contributed by atoms with van der Waals surface area (Å²) in [6.07, 6.45) is 7.75. The summed E-state index contributed by atoms with van der Waals surface area (Å²) in [4.78, 5) is 30.1. The molecule has 3 rings (SSSR count). The Hall–Kier alpha value is -2.50. The molecule has 138 valence electrons. The third kappa shape index (κ3) is 4.00. The highest BCUT2D eigenvalue weighted by atomic mass is 16.2. The molecule has 0 unspecified atom stereocenters. The van der Waals surface area contributed by atoms with Crippen LogP contribution in [0.15, 0.2) is 30.7 Å². The summed E-state index contributed by atoms with van der Waals surface area (Å²) in [5.74, 6) is 0.853. The van der Waals surface area contributed by atoms with Crippen molar-refractivity contribution < 1.29 is 4.79 Å². The number of nitrogens with zero attached hydrogens (tertiary/aromatic N) is 5. The third-order valence-corrected chi connectivity index (χ3v) is 4.61. The average molecular weight is 353 g/mol. The van der Waals surface area contributed by atoms with E-state index in [-0.39, 0.29) is 5.91 Å². The first kappa shape index (κ1) is 18.3. The van der Waals surface area contributed by atoms with Crippen molar-refractivity contribution in [3.63, 3.8) is 0 Å². The van der Waals surface area contributed by atoms with Crippen LogP contribution in [0.4, 0.5) is 5.95 Å². The fourth-order valence-corrected chi connectivity index (χ4v) is 3.24. The zero-order chi connectivity index (χ0) is 18.7. The van der Waals surface area contributed by atoms with Crippen LogP contribution in [0.3, 0.4) is 0 Å². The number of anilines is 1. The van der Waals surface area contributed by atoms with Gasteiger partial charge in [-0.25, -0.2) is 9.97 Å². The monoisotopic (exact) mass is 353 g/mol. The fraction of sp³-hybridized carbons (Fsp3) is 0.500. The lowest BCUT2D eigenvalue weighted by Crippen LogP contribution is -2.36. The Morgan fingerprint density at radius 3 is 2.46 bits per heavy atom. The van der Waals surface area contributed by atoms with Crippen LogP contribution < -0.4 is 4.90 Å². The maximum absolute atomic E-state index is 12.6. The molecule has 1 aliphatic heterocycles. The van der Waals surface area contributed by atoms with Crippen LogP contribution in [0.2, 0.25) is 0 Å². The minimum Gasteiger partial charge on any atom is -0.341 e. The second kappa shape index (κ2) is 7.40. The van der Waals surface area contributed by atoms with Crippen LogP contribution >= 0.6 is 0 Å². The van der Waals surface area contributed by atoms with Gasteiger partial charge in [-0.15, -0.1) is 0 Å². The molecule has 26 heavy (non-hydrogen) atoms. The minimum absolute atomic E-state index is 0.0968. The number of carbonyl (C=O) groups is 1. The average Bonchev–Trinajstić information content (AvgIpc) is 3.15. The standard InChI is InChI=1S/C20H27N5O/c1-20(2,3)18(26)24(4)14-17-16(15-7-9-21-10-8-15)13-22-19(23-17)25-11-5-6-12-25/h7-10,13H,5-6,11-12,14H2,1-4H3. The lowest BCUT2D eigenvalue weighted by Gasteiger charge is -2.27. The SMILES string of the molecule is CN(Cc1nc(N2CCCC2)ncc1-c1ccncc1)C(=O)C(C)(C)C. The van der Waals surface area contributed by atoms with Gasteiger partial charge in [0, 0.05) is 49.7 Å². The third-order valence-electron chi connectivity index (χ3n) is 4.61. The molecule has 1 aliphatic rings. The number of carbonyl (C=O) groups excluding carboxylic acids is 1. The van der Waals surface area contributed by atoms with E-state index in [1.807, 2.05) is 46.1 Å². The van der Waals surface area contributed by atoms with Crippen molar-refractivity contribution in [3.05, 3.63) is 36.4 Å². The van der Waals surface area contributed by atoms with Gasteiger partial charge >= 0.3 is 0 Å². The normalized spacial score (nSPS) is 14.5. The summed E-state index contributed by atoms with van der Waals surface area (Å²) in [7, 11) is 1.83. The maximum atomic E-state index is 12.6. The lowest BCUT2D eigenvalue weighted by molar-refractivity contribution is -0.138. The molecule has 0 aromatic carbocycles. The van der Waals surface area contributed by atoms with E-state index in [0.717, 1.165) is 35.9 Å². The summed E-state index contributed by atoms with van der Waals surface area (Å²) >= 11 is 0. The van der Waals surface area contributed by atoms with Gasteiger partial charge in [-0.2, -0.15) is 0 Å². The van der Waals surface area contributed by atoms with Gasteiger partial charge in [-0.05, 0) is 30.5 Å². The fourth-order valence-electron chi connectivity index (χ4n) is 3.24. The summed E-state index contributed by atoms with van der Waals surface area (Å²) in [6.45, 7) is 8.24. The molecule has 1 amide bonds. The van der Waals surface area contributed by atoms with E-state index in [1.165, 1.54) is 12.8 Å². The molecule has 0 aliphatic carbocycles. The Morgan fingerprint density at radius 1 is 1.19 bits per heavy atom. The van der Waals surface area contributed by atoms with Gasteiger partial charge in [0.25, 0.3) is 0 Å². The van der Waals surface area contributed by atoms with Crippen molar-refractivity contribution in [3.8, 4) is 11.1 Å². The van der Waals surface area contributed by atoms with Gasteiger partial charge < -0.3 is 9.80 Å². The first-order chi connectivity index (χ1) is 12.4. The predicted octanol–water partition coefficient (Wildman–Crippen LogP) is 3.14. The number of amides is 1. The highest BCUT2D eigenvalue weighted by Crippen LogP contribution is 2.26. The number of pyridine rings is 1. The van der Waals surface area contributed by atoms with Gasteiger partial charge in [-0.3, -0.25) is 9.78 Å². The second-order valence-corrected chi connectivity index (χ2v) is 7.87. The van der Waals surface area contributed by atoms with Crippen LogP contribution in [0.5, 0.6) is 0 Å². The van der Waals surface area contributed by atoms with Crippen molar-refractivity contribution >= 4 is 11.9 Å². The quantitative estimate of drug-likeness (QED) is 0.845. The molecular formula is C20H27N5O. The van der Waals surface area contributed by atoms with Crippen molar-refractivity contribution in [2.45, 2.75) is 40.2 Å². The van der Waals surface area contributed by atoms with Crippen LogP contribution in [0.25, 0.3) is 11.1 Å². The van der Waals surface area contributed by atoms with Crippen LogP contribution in [-0.4, -0.2) is 45.9 Å². The Labute approximate surface area is 155 Å². The van der Waals surface area contributed by atoms with Crippen LogP contribution in [0, 0.1) is 5.41 Å². The smallest absolute Gasteiger partial charge is 0.228 e. The number of rotatable bonds is 4. The topological polar surface area (TPSA) is 62.2 Å². The summed E-state index contributed by atoms with van der Waals surface area (Å²) in [5.41, 5.74) is 2.41. The highest BCUT2D eigenvalue weighted by molar-refractivity contribution is 5.81. The molecule has 0 N–H and O–H groups in total. The lowest BCUT2D eigenvalue weighted by atomic mass is 9.94. The van der Waals surface area contributed by atoms with Gasteiger partial charge in [0.2, 0.25) is 11.9 Å². The molecule has 1 fully saturated rings. The first-order valence-corrected chi connectivity index (χ1v) is 9.13. The van der Waals surface area contributed by atoms with E-state index >= 15 is 0 Å². The molecule has 2 aromatic heterocycles. The Kier molecular flexibility index (Phi) is 5.20. The minimum atomic E-state index is -0.420. The van der Waals surface area contributed by atoms with Gasteiger partial charge in [0.1, 0.15) is 0 Å². The first-order valence-electron chi connectivity index (χ1n) is 9.13. The van der Waals surface area contributed by atoms with Crippen LogP contribution in [-0.2, 0) is 11.3 Å². The number of hydrogen-bond donors (Lipinski definition) is 0. The summed E-state index contributed by atoms with van der Waals surface area (Å²) < 4.78 is 0. The summed E-state index contributed by atoms with van der Waals surface area (Å²) in [6, 6.07) is 3.90. The van der Waals surface area contributed by atoms with Crippen molar-refractivity contribution in [2.24, 2.45) is 5.41 Å². The number of hydrogen-bond acceptors (Lipinski definition) is 5. The zero-order valence-electron chi connectivity index (χ0n) is 16.1. The van der Waals surface area contributed by atoms with Crippen molar-refractivity contribution in [1.29, 1.82) is 0 Å². The largest absolute Gasteiger partial charge is 0.341 e. The van der Waals surface area contributed by atoms with Gasteiger partial charge in [-0.1, -0.05) is 20.8 Å². The molecule has 6 nitrogen and oxygen atoms in total. The molecule has 2 aromatic rings. The molecule has 3 heterocycles. The second-order valence-electron chi connectivity index (χ2n) is 7.87. The van der Waals surface area contributed by atoms with Crippen molar-refractivity contribution in [1.82, 2.24) is 19.9 Å². The Bertz CT molecular complexity index is 764. The molecule has 0 atom stereocenters. The zero-order valence-corrected chi connectivity index (χ0v) is 16.1. The van der Waals surface area contributed by atoms with E-state index in [1.54, 1.807) is 17.3 Å². The van der Waals surface area contributed by atoms with E-state index in [0.29, 0.717) is 6.54 Å². The molecule has 0 radical (unpaired) electrons.